The van der Waals surface area contributed by atoms with Crippen LogP contribution in [0.15, 0.2) is 22.8 Å². The average Bonchev–Trinajstić information content (AvgIpc) is 2.84. The van der Waals surface area contributed by atoms with E-state index in [4.69, 9.17) is 9.15 Å². The molecule has 1 fully saturated rings. The summed E-state index contributed by atoms with van der Waals surface area (Å²) >= 11 is 0. The monoisotopic (exact) mass is 260 g/mol. The van der Waals surface area contributed by atoms with Crippen molar-refractivity contribution in [2.24, 2.45) is 0 Å². The van der Waals surface area contributed by atoms with Crippen LogP contribution < -0.4 is 5.32 Å². The van der Waals surface area contributed by atoms with Crippen LogP contribution in [-0.2, 0) is 4.74 Å². The van der Waals surface area contributed by atoms with Gasteiger partial charge in [-0.15, -0.1) is 12.4 Å². The maximum atomic E-state index is 11.5. The van der Waals surface area contributed by atoms with Crippen molar-refractivity contribution in [1.82, 2.24) is 10.2 Å². The van der Waals surface area contributed by atoms with Crippen molar-refractivity contribution >= 4 is 18.3 Å². The van der Waals surface area contributed by atoms with Crippen molar-refractivity contribution in [1.29, 1.82) is 0 Å². The minimum absolute atomic E-state index is 0. The Labute approximate surface area is 107 Å². The molecular formula is C11H17ClN2O3. The second-order valence-electron chi connectivity index (χ2n) is 3.69. The molecule has 6 heteroatoms. The van der Waals surface area contributed by atoms with Crippen LogP contribution in [0.1, 0.15) is 10.6 Å². The standard InChI is InChI=1S/C11H16N2O3.ClH/c14-11(10-2-1-7-16-10)12-3-4-13-5-8-15-9-6-13;/h1-2,7H,3-6,8-9H2,(H,12,14);1H. The molecule has 0 atom stereocenters. The highest BCUT2D eigenvalue weighted by atomic mass is 35.5. The fourth-order valence-electron chi connectivity index (χ4n) is 1.65. The van der Waals surface area contributed by atoms with Crippen LogP contribution in [0.5, 0.6) is 0 Å². The molecule has 0 spiro atoms. The number of carbonyl (C=O) groups excluding carboxylic acids is 1. The molecule has 0 saturated carbocycles. The van der Waals surface area contributed by atoms with E-state index in [0.29, 0.717) is 12.3 Å². The predicted octanol–water partition coefficient (Wildman–Crippen LogP) is 0.763. The van der Waals surface area contributed by atoms with Gasteiger partial charge in [0.1, 0.15) is 0 Å². The van der Waals surface area contributed by atoms with Gasteiger partial charge in [-0.1, -0.05) is 0 Å². The molecule has 0 aliphatic carbocycles. The number of carbonyl (C=O) groups is 1. The van der Waals surface area contributed by atoms with Gasteiger partial charge in [0.15, 0.2) is 5.76 Å². The lowest BCUT2D eigenvalue weighted by Crippen LogP contribution is -2.41. The lowest BCUT2D eigenvalue weighted by molar-refractivity contribution is 0.0382. The third kappa shape index (κ3) is 4.38. The van der Waals surface area contributed by atoms with Gasteiger partial charge >= 0.3 is 0 Å². The number of rotatable bonds is 4. The second-order valence-corrected chi connectivity index (χ2v) is 3.69. The van der Waals surface area contributed by atoms with Crippen LogP contribution in [0, 0.1) is 0 Å². The van der Waals surface area contributed by atoms with E-state index in [1.807, 2.05) is 0 Å². The summed E-state index contributed by atoms with van der Waals surface area (Å²) in [5.41, 5.74) is 0. The van der Waals surface area contributed by atoms with Crippen LogP contribution in [0.2, 0.25) is 0 Å². The van der Waals surface area contributed by atoms with Crippen molar-refractivity contribution in [2.75, 3.05) is 39.4 Å². The number of morpholine rings is 1. The lowest BCUT2D eigenvalue weighted by Gasteiger charge is -2.26. The Hall–Kier alpha value is -1.04. The van der Waals surface area contributed by atoms with E-state index in [-0.39, 0.29) is 18.3 Å². The fourth-order valence-corrected chi connectivity index (χ4v) is 1.65. The third-order valence-corrected chi connectivity index (χ3v) is 2.56. The van der Waals surface area contributed by atoms with E-state index in [2.05, 4.69) is 10.2 Å². The highest BCUT2D eigenvalue weighted by Gasteiger charge is 2.11. The minimum atomic E-state index is -0.154. The highest BCUT2D eigenvalue weighted by molar-refractivity contribution is 5.91. The van der Waals surface area contributed by atoms with Crippen LogP contribution in [0.4, 0.5) is 0 Å². The van der Waals surface area contributed by atoms with Gasteiger partial charge in [0.2, 0.25) is 0 Å². The normalized spacial score (nSPS) is 16.2. The fraction of sp³-hybridized carbons (Fsp3) is 0.545. The minimum Gasteiger partial charge on any atom is -0.459 e. The van der Waals surface area contributed by atoms with Gasteiger partial charge in [-0.05, 0) is 12.1 Å². The van der Waals surface area contributed by atoms with E-state index >= 15 is 0 Å². The van der Waals surface area contributed by atoms with Crippen LogP contribution in [-0.4, -0.2) is 50.2 Å². The molecule has 1 saturated heterocycles. The van der Waals surface area contributed by atoms with Crippen molar-refractivity contribution in [3.63, 3.8) is 0 Å². The zero-order valence-corrected chi connectivity index (χ0v) is 10.4. The first-order valence-electron chi connectivity index (χ1n) is 5.48. The van der Waals surface area contributed by atoms with Gasteiger partial charge in [-0.25, -0.2) is 0 Å². The summed E-state index contributed by atoms with van der Waals surface area (Å²) in [6.07, 6.45) is 1.50. The number of hydrogen-bond acceptors (Lipinski definition) is 4. The van der Waals surface area contributed by atoms with Crippen molar-refractivity contribution in [3.8, 4) is 0 Å². The number of furan rings is 1. The molecule has 17 heavy (non-hydrogen) atoms. The number of amides is 1. The summed E-state index contributed by atoms with van der Waals surface area (Å²) in [5.74, 6) is 0.209. The molecule has 1 N–H and O–H groups in total. The van der Waals surface area contributed by atoms with E-state index in [1.54, 1.807) is 12.1 Å². The molecule has 96 valence electrons. The van der Waals surface area contributed by atoms with Gasteiger partial charge in [-0.3, -0.25) is 9.69 Å². The van der Waals surface area contributed by atoms with E-state index in [1.165, 1.54) is 6.26 Å². The Bertz CT molecular complexity index is 323. The maximum Gasteiger partial charge on any atom is 0.287 e. The molecule has 1 aliphatic heterocycles. The molecule has 0 aromatic carbocycles. The summed E-state index contributed by atoms with van der Waals surface area (Å²) in [4.78, 5) is 13.8. The topological polar surface area (TPSA) is 54.7 Å². The SMILES string of the molecule is Cl.O=C(NCCN1CCOCC1)c1ccco1. The third-order valence-electron chi connectivity index (χ3n) is 2.56. The average molecular weight is 261 g/mol. The van der Waals surface area contributed by atoms with Gasteiger partial charge in [0, 0.05) is 26.2 Å². The molecule has 2 rings (SSSR count). The van der Waals surface area contributed by atoms with E-state index in [9.17, 15) is 4.79 Å². The molecule has 1 aliphatic rings. The summed E-state index contributed by atoms with van der Waals surface area (Å²) in [6, 6.07) is 3.36. The number of hydrogen-bond donors (Lipinski definition) is 1. The molecule has 1 aromatic rings. The van der Waals surface area contributed by atoms with Crippen molar-refractivity contribution in [3.05, 3.63) is 24.2 Å². The Balaban J connectivity index is 0.00000144. The molecule has 0 bridgehead atoms. The van der Waals surface area contributed by atoms with Gasteiger partial charge in [0.05, 0.1) is 19.5 Å². The van der Waals surface area contributed by atoms with Gasteiger partial charge in [-0.2, -0.15) is 0 Å². The Morgan fingerprint density at radius 3 is 2.82 bits per heavy atom. The summed E-state index contributed by atoms with van der Waals surface area (Å²) in [6.45, 7) is 4.95. The van der Waals surface area contributed by atoms with Crippen LogP contribution in [0.25, 0.3) is 0 Å². The second kappa shape index (κ2) is 7.32. The van der Waals surface area contributed by atoms with Crippen LogP contribution >= 0.6 is 12.4 Å². The molecule has 0 radical (unpaired) electrons. The first kappa shape index (κ1) is 14.0. The summed E-state index contributed by atoms with van der Waals surface area (Å²) < 4.78 is 10.2. The molecule has 2 heterocycles. The van der Waals surface area contributed by atoms with Gasteiger partial charge < -0.3 is 14.5 Å². The zero-order valence-electron chi connectivity index (χ0n) is 9.55. The molecule has 5 nitrogen and oxygen atoms in total. The predicted molar refractivity (Wildman–Crippen MR) is 65.5 cm³/mol. The van der Waals surface area contributed by atoms with E-state index < -0.39 is 0 Å². The largest absolute Gasteiger partial charge is 0.459 e. The van der Waals surface area contributed by atoms with Crippen LogP contribution in [0.3, 0.4) is 0 Å². The quantitative estimate of drug-likeness (QED) is 0.869. The molecular weight excluding hydrogens is 244 g/mol. The smallest absolute Gasteiger partial charge is 0.287 e. The zero-order chi connectivity index (χ0) is 11.2. The summed E-state index contributed by atoms with van der Waals surface area (Å²) in [7, 11) is 0. The van der Waals surface area contributed by atoms with Crippen molar-refractivity contribution in [2.45, 2.75) is 0 Å². The maximum absolute atomic E-state index is 11.5. The molecule has 1 aromatic heterocycles. The Morgan fingerprint density at radius 1 is 1.41 bits per heavy atom. The van der Waals surface area contributed by atoms with E-state index in [0.717, 1.165) is 32.8 Å². The number of nitrogens with zero attached hydrogens (tertiary/aromatic N) is 1. The Morgan fingerprint density at radius 2 is 2.18 bits per heavy atom. The van der Waals surface area contributed by atoms with Gasteiger partial charge in [0.25, 0.3) is 5.91 Å². The highest BCUT2D eigenvalue weighted by Crippen LogP contribution is 1.99. The first-order chi connectivity index (χ1) is 7.86. The molecule has 0 unspecified atom stereocenters. The lowest BCUT2D eigenvalue weighted by atomic mass is 10.4. The Kier molecular flexibility index (Phi) is 6.04. The van der Waals surface area contributed by atoms with Crippen molar-refractivity contribution < 1.29 is 13.9 Å². The number of halogens is 1. The molecule has 1 amide bonds. The number of ether oxygens (including phenoxy) is 1. The summed E-state index contributed by atoms with van der Waals surface area (Å²) in [5, 5.41) is 2.82. The first-order valence-corrected chi connectivity index (χ1v) is 5.48. The number of nitrogens with one attached hydrogen (secondary N) is 1.